The Labute approximate surface area is 134 Å². The fraction of sp³-hybridized carbons (Fsp3) is 0.100. The lowest BCUT2D eigenvalue weighted by atomic mass is 10.0. The van der Waals surface area contributed by atoms with Crippen molar-refractivity contribution in [2.75, 3.05) is 0 Å². The number of oxazole rings is 1. The van der Waals surface area contributed by atoms with Crippen LogP contribution in [0, 0.1) is 6.92 Å². The second-order valence-electron chi connectivity index (χ2n) is 5.69. The summed E-state index contributed by atoms with van der Waals surface area (Å²) in [6.45, 7) is 2.11. The first-order valence-electron chi connectivity index (χ1n) is 7.64. The van der Waals surface area contributed by atoms with E-state index >= 15 is 0 Å². The molecule has 112 valence electrons. The van der Waals surface area contributed by atoms with Crippen LogP contribution in [0.15, 0.2) is 71.3 Å². The summed E-state index contributed by atoms with van der Waals surface area (Å²) in [4.78, 5) is 4.66. The number of aromatic nitrogens is 2. The molecule has 0 saturated heterocycles. The third-order valence-electron chi connectivity index (χ3n) is 4.10. The monoisotopic (exact) mass is 301 g/mol. The number of rotatable bonds is 2. The van der Waals surface area contributed by atoms with E-state index < -0.39 is 0 Å². The van der Waals surface area contributed by atoms with Crippen molar-refractivity contribution in [3.8, 4) is 22.7 Å². The van der Waals surface area contributed by atoms with Crippen LogP contribution in [0.4, 0.5) is 0 Å². The molecule has 3 nitrogen and oxygen atoms in total. The van der Waals surface area contributed by atoms with Crippen LogP contribution in [0.2, 0.25) is 0 Å². The number of pyridine rings is 1. The second kappa shape index (κ2) is 5.36. The quantitative estimate of drug-likeness (QED) is 0.517. The molecule has 0 N–H and O–H groups in total. The van der Waals surface area contributed by atoms with Crippen molar-refractivity contribution in [1.82, 2.24) is 4.98 Å². The maximum absolute atomic E-state index is 6.14. The molecule has 0 fully saturated rings. The van der Waals surface area contributed by atoms with Crippen molar-refractivity contribution in [3.05, 3.63) is 72.4 Å². The topological polar surface area (TPSA) is 29.9 Å². The average Bonchev–Trinajstić information content (AvgIpc) is 3.01. The maximum Gasteiger partial charge on any atom is 0.257 e. The van der Waals surface area contributed by atoms with Crippen LogP contribution in [0.5, 0.6) is 0 Å². The van der Waals surface area contributed by atoms with Crippen LogP contribution in [0.3, 0.4) is 0 Å². The maximum atomic E-state index is 6.14. The Morgan fingerprint density at radius 3 is 2.43 bits per heavy atom. The van der Waals surface area contributed by atoms with Crippen LogP contribution in [-0.2, 0) is 7.05 Å². The van der Waals surface area contributed by atoms with Gasteiger partial charge in [-0.1, -0.05) is 36.4 Å². The molecule has 0 radical (unpaired) electrons. The van der Waals surface area contributed by atoms with Gasteiger partial charge in [-0.25, -0.2) is 4.98 Å². The van der Waals surface area contributed by atoms with Crippen molar-refractivity contribution in [2.45, 2.75) is 6.92 Å². The molecule has 0 aliphatic rings. The van der Waals surface area contributed by atoms with Gasteiger partial charge in [0, 0.05) is 11.6 Å². The predicted molar refractivity (Wildman–Crippen MR) is 90.8 cm³/mol. The minimum atomic E-state index is 0.654. The summed E-state index contributed by atoms with van der Waals surface area (Å²) in [5.74, 6) is 0.654. The first-order chi connectivity index (χ1) is 11.2. The van der Waals surface area contributed by atoms with E-state index in [1.807, 2.05) is 49.6 Å². The van der Waals surface area contributed by atoms with Crippen molar-refractivity contribution in [1.29, 1.82) is 0 Å². The Bertz CT molecular complexity index is 987. The van der Waals surface area contributed by atoms with E-state index in [-0.39, 0.29) is 0 Å². The molecule has 2 aromatic carbocycles. The Hall–Kier alpha value is -2.94. The van der Waals surface area contributed by atoms with Crippen LogP contribution < -0.4 is 4.57 Å². The van der Waals surface area contributed by atoms with Gasteiger partial charge in [0.1, 0.15) is 12.6 Å². The molecule has 0 aliphatic heterocycles. The first kappa shape index (κ1) is 13.7. The molecule has 0 amide bonds. The molecule has 3 heteroatoms. The van der Waals surface area contributed by atoms with Gasteiger partial charge in [0.2, 0.25) is 11.5 Å². The highest BCUT2D eigenvalue weighted by Gasteiger charge is 2.22. The zero-order valence-corrected chi connectivity index (χ0v) is 13.2. The fourth-order valence-corrected chi connectivity index (χ4v) is 2.89. The first-order valence-corrected chi connectivity index (χ1v) is 7.64. The molecule has 0 saturated carbocycles. The minimum Gasteiger partial charge on any atom is -0.429 e. The van der Waals surface area contributed by atoms with Crippen LogP contribution in [-0.4, -0.2) is 4.98 Å². The van der Waals surface area contributed by atoms with E-state index in [4.69, 9.17) is 4.42 Å². The molecular weight excluding hydrogens is 284 g/mol. The largest absolute Gasteiger partial charge is 0.429 e. The summed E-state index contributed by atoms with van der Waals surface area (Å²) in [5, 5.41) is 0. The molecule has 2 aromatic heterocycles. The zero-order chi connectivity index (χ0) is 15.8. The lowest BCUT2D eigenvalue weighted by Gasteiger charge is -2.03. The van der Waals surface area contributed by atoms with Gasteiger partial charge in [-0.3, -0.25) is 0 Å². The smallest absolute Gasteiger partial charge is 0.257 e. The number of hydrogen-bond donors (Lipinski definition) is 0. The molecule has 0 unspecified atom stereocenters. The van der Waals surface area contributed by atoms with Crippen LogP contribution in [0.1, 0.15) is 5.56 Å². The molecule has 2 heterocycles. The lowest BCUT2D eigenvalue weighted by Crippen LogP contribution is -2.30. The average molecular weight is 301 g/mol. The van der Waals surface area contributed by atoms with Gasteiger partial charge in [0.15, 0.2) is 6.20 Å². The Morgan fingerprint density at radius 1 is 0.913 bits per heavy atom. The second-order valence-corrected chi connectivity index (χ2v) is 5.69. The van der Waals surface area contributed by atoms with Gasteiger partial charge in [-0.2, -0.15) is 4.57 Å². The van der Waals surface area contributed by atoms with Crippen LogP contribution in [0.25, 0.3) is 33.8 Å². The van der Waals surface area contributed by atoms with Crippen molar-refractivity contribution >= 4 is 11.1 Å². The highest BCUT2D eigenvalue weighted by Crippen LogP contribution is 2.31. The molecule has 4 aromatic rings. The molecule has 0 spiro atoms. The van der Waals surface area contributed by atoms with E-state index in [0.29, 0.717) is 5.89 Å². The van der Waals surface area contributed by atoms with Crippen molar-refractivity contribution < 1.29 is 8.98 Å². The van der Waals surface area contributed by atoms with Crippen molar-refractivity contribution in [2.24, 2.45) is 7.05 Å². The number of fused-ring (bicyclic) bond motifs is 1. The van der Waals surface area contributed by atoms with Gasteiger partial charge in [0.25, 0.3) is 5.69 Å². The van der Waals surface area contributed by atoms with Gasteiger partial charge < -0.3 is 4.42 Å². The summed E-state index contributed by atoms with van der Waals surface area (Å²) in [7, 11) is 2.03. The Morgan fingerprint density at radius 2 is 1.65 bits per heavy atom. The van der Waals surface area contributed by atoms with E-state index in [1.54, 1.807) is 0 Å². The normalized spacial score (nSPS) is 11.0. The fourth-order valence-electron chi connectivity index (χ4n) is 2.89. The highest BCUT2D eigenvalue weighted by molar-refractivity contribution is 5.88. The summed E-state index contributed by atoms with van der Waals surface area (Å²) >= 11 is 0. The molecule has 4 rings (SSSR count). The number of hydrogen-bond acceptors (Lipinski definition) is 2. The summed E-state index contributed by atoms with van der Waals surface area (Å²) in [6, 6.07) is 20.3. The summed E-state index contributed by atoms with van der Waals surface area (Å²) < 4.78 is 8.23. The summed E-state index contributed by atoms with van der Waals surface area (Å²) in [6.07, 6.45) is 2.03. The molecule has 0 atom stereocenters. The number of benzene rings is 2. The standard InChI is InChI=1S/C20H17N2O/c1-14-8-6-7-11-16(14)18-19-17(12-13-22(18)2)21-20(23-19)15-9-4-3-5-10-15/h3-13H,1-2H3/q+1. The molecular formula is C20H17N2O+. The van der Waals surface area contributed by atoms with Crippen molar-refractivity contribution in [3.63, 3.8) is 0 Å². The Balaban J connectivity index is 2.00. The Kier molecular flexibility index (Phi) is 3.19. The summed E-state index contributed by atoms with van der Waals surface area (Å²) in [5.41, 5.74) is 6.12. The minimum absolute atomic E-state index is 0.654. The van der Waals surface area contributed by atoms with Gasteiger partial charge in [-0.15, -0.1) is 0 Å². The van der Waals surface area contributed by atoms with Gasteiger partial charge in [0.05, 0.1) is 5.56 Å². The predicted octanol–water partition coefficient (Wildman–Crippen LogP) is 4.29. The third-order valence-corrected chi connectivity index (χ3v) is 4.10. The van der Waals surface area contributed by atoms with E-state index in [9.17, 15) is 0 Å². The number of nitrogens with zero attached hydrogens (tertiary/aromatic N) is 2. The van der Waals surface area contributed by atoms with Gasteiger partial charge in [-0.05, 0) is 30.7 Å². The molecule has 23 heavy (non-hydrogen) atoms. The van der Waals surface area contributed by atoms with E-state index in [0.717, 1.165) is 27.9 Å². The van der Waals surface area contributed by atoms with E-state index in [1.165, 1.54) is 5.56 Å². The lowest BCUT2D eigenvalue weighted by molar-refractivity contribution is -0.659. The van der Waals surface area contributed by atoms with Gasteiger partial charge >= 0.3 is 0 Å². The SMILES string of the molecule is Cc1ccccc1-c1c2oc(-c3ccccc3)nc2cc[n+]1C. The van der Waals surface area contributed by atoms with E-state index in [2.05, 4.69) is 40.7 Å². The zero-order valence-electron chi connectivity index (χ0n) is 13.2. The number of aryl methyl sites for hydroxylation is 2. The van der Waals surface area contributed by atoms with Crippen LogP contribution >= 0.6 is 0 Å². The third kappa shape index (κ3) is 2.30. The molecule has 0 bridgehead atoms. The highest BCUT2D eigenvalue weighted by atomic mass is 16.3. The molecule has 0 aliphatic carbocycles.